The number of rotatable bonds is 3. The van der Waals surface area contributed by atoms with Gasteiger partial charge in [-0.05, 0) is 26.8 Å². The molecule has 23 heavy (non-hydrogen) atoms. The summed E-state index contributed by atoms with van der Waals surface area (Å²) in [6.07, 6.45) is -0.358. The fourth-order valence-corrected chi connectivity index (χ4v) is 3.10. The van der Waals surface area contributed by atoms with Gasteiger partial charge in [-0.1, -0.05) is 0 Å². The molecule has 0 radical (unpaired) electrons. The summed E-state index contributed by atoms with van der Waals surface area (Å²) in [4.78, 5) is 14.7. The number of nitrogens with zero attached hydrogens (tertiary/aromatic N) is 4. The summed E-state index contributed by atoms with van der Waals surface area (Å²) in [7, 11) is 0. The van der Waals surface area contributed by atoms with Gasteiger partial charge in [0, 0.05) is 31.4 Å². The van der Waals surface area contributed by atoms with Crippen molar-refractivity contribution in [3.8, 4) is 0 Å². The lowest BCUT2D eigenvalue weighted by Gasteiger charge is -2.31. The summed E-state index contributed by atoms with van der Waals surface area (Å²) in [5, 5.41) is 7.83. The van der Waals surface area contributed by atoms with Gasteiger partial charge in [-0.15, -0.1) is 10.2 Å². The highest BCUT2D eigenvalue weighted by Gasteiger charge is 2.30. The summed E-state index contributed by atoms with van der Waals surface area (Å²) in [6.45, 7) is 10.1. The quantitative estimate of drug-likeness (QED) is 0.866. The van der Waals surface area contributed by atoms with Crippen LogP contribution in [-0.2, 0) is 11.3 Å². The number of carbonyl (C=O) groups excluding carboxylic acids is 1. The molecule has 7 nitrogen and oxygen atoms in total. The van der Waals surface area contributed by atoms with E-state index in [9.17, 15) is 4.79 Å². The first-order valence-corrected chi connectivity index (χ1v) is 7.88. The maximum Gasteiger partial charge on any atom is 0.255 e. The molecule has 0 bridgehead atoms. The number of aromatic nitrogens is 3. The Kier molecular flexibility index (Phi) is 4.21. The lowest BCUT2D eigenvalue weighted by Crippen LogP contribution is -2.42. The molecular weight excluding hydrogens is 296 g/mol. The zero-order chi connectivity index (χ0) is 16.6. The highest BCUT2D eigenvalue weighted by atomic mass is 16.5. The van der Waals surface area contributed by atoms with Crippen molar-refractivity contribution in [1.82, 2.24) is 19.7 Å². The molecule has 0 unspecified atom stereocenters. The van der Waals surface area contributed by atoms with Crippen molar-refractivity contribution in [2.75, 3.05) is 19.7 Å². The normalized spacial score (nSPS) is 18.4. The molecule has 0 N–H and O–H groups in total. The largest absolute Gasteiger partial charge is 0.423 e. The van der Waals surface area contributed by atoms with Crippen molar-refractivity contribution < 1.29 is 13.9 Å². The third-order valence-electron chi connectivity index (χ3n) is 4.29. The van der Waals surface area contributed by atoms with Crippen LogP contribution in [0.2, 0.25) is 0 Å². The van der Waals surface area contributed by atoms with E-state index in [1.807, 2.05) is 19.9 Å². The minimum atomic E-state index is -0.358. The third kappa shape index (κ3) is 2.88. The van der Waals surface area contributed by atoms with Crippen molar-refractivity contribution in [3.63, 3.8) is 0 Å². The predicted octanol–water partition coefficient (Wildman–Crippen LogP) is 2.03. The summed E-state index contributed by atoms with van der Waals surface area (Å²) in [6, 6.07) is 1.96. The van der Waals surface area contributed by atoms with Crippen LogP contribution in [0, 0.1) is 20.8 Å². The lowest BCUT2D eigenvalue weighted by molar-refractivity contribution is -0.0349. The van der Waals surface area contributed by atoms with Crippen molar-refractivity contribution in [1.29, 1.82) is 0 Å². The molecule has 1 atom stereocenters. The number of morpholine rings is 1. The molecule has 1 fully saturated rings. The summed E-state index contributed by atoms with van der Waals surface area (Å²) >= 11 is 0. The van der Waals surface area contributed by atoms with Gasteiger partial charge in [-0.2, -0.15) is 0 Å². The van der Waals surface area contributed by atoms with Crippen LogP contribution in [0.4, 0.5) is 0 Å². The van der Waals surface area contributed by atoms with E-state index >= 15 is 0 Å². The monoisotopic (exact) mass is 318 g/mol. The number of hydrogen-bond donors (Lipinski definition) is 0. The van der Waals surface area contributed by atoms with E-state index in [1.165, 1.54) is 0 Å². The molecule has 3 heterocycles. The average Bonchev–Trinajstić information content (AvgIpc) is 3.10. The number of aryl methyl sites for hydroxylation is 2. The summed E-state index contributed by atoms with van der Waals surface area (Å²) in [5.74, 6) is 0.958. The number of amides is 1. The maximum absolute atomic E-state index is 12.9. The van der Waals surface area contributed by atoms with Crippen LogP contribution in [0.1, 0.15) is 46.6 Å². The molecule has 0 aromatic carbocycles. The Morgan fingerprint density at radius 2 is 2.13 bits per heavy atom. The standard InChI is InChI=1S/C16H22N4O3/c1-5-20-10(2)8-13(11(20)3)16(21)19-6-7-22-14(9-19)15-18-17-12(4)23-15/h8,14H,5-7,9H2,1-4H3/t14-/m0/s1. The van der Waals surface area contributed by atoms with E-state index in [0.717, 1.165) is 23.5 Å². The Balaban J connectivity index is 1.80. The van der Waals surface area contributed by atoms with E-state index in [-0.39, 0.29) is 12.0 Å². The second-order valence-corrected chi connectivity index (χ2v) is 5.80. The Bertz CT molecular complexity index is 719. The molecule has 1 amide bonds. The van der Waals surface area contributed by atoms with Gasteiger partial charge in [0.15, 0.2) is 6.10 Å². The Morgan fingerprint density at radius 3 is 2.74 bits per heavy atom. The van der Waals surface area contributed by atoms with Gasteiger partial charge in [0.05, 0.1) is 18.7 Å². The molecule has 1 aliphatic heterocycles. The van der Waals surface area contributed by atoms with E-state index in [2.05, 4.69) is 21.7 Å². The highest BCUT2D eigenvalue weighted by molar-refractivity contribution is 5.95. The van der Waals surface area contributed by atoms with E-state index in [0.29, 0.717) is 31.5 Å². The topological polar surface area (TPSA) is 73.4 Å². The molecule has 2 aromatic rings. The van der Waals surface area contributed by atoms with E-state index in [1.54, 1.807) is 11.8 Å². The lowest BCUT2D eigenvalue weighted by atomic mass is 10.2. The van der Waals surface area contributed by atoms with E-state index < -0.39 is 0 Å². The van der Waals surface area contributed by atoms with Crippen LogP contribution in [0.15, 0.2) is 10.5 Å². The van der Waals surface area contributed by atoms with Crippen LogP contribution >= 0.6 is 0 Å². The van der Waals surface area contributed by atoms with Crippen LogP contribution in [-0.4, -0.2) is 45.3 Å². The molecule has 0 aliphatic carbocycles. The number of ether oxygens (including phenoxy) is 1. The Labute approximate surface area is 135 Å². The molecular formula is C16H22N4O3. The Morgan fingerprint density at radius 1 is 1.35 bits per heavy atom. The molecule has 3 rings (SSSR count). The van der Waals surface area contributed by atoms with Crippen molar-refractivity contribution in [2.24, 2.45) is 0 Å². The number of carbonyl (C=O) groups is 1. The molecule has 124 valence electrons. The SMILES string of the molecule is CCn1c(C)cc(C(=O)N2CCO[C@H](c3nnc(C)o3)C2)c1C. The van der Waals surface area contributed by atoms with Crippen LogP contribution in [0.5, 0.6) is 0 Å². The van der Waals surface area contributed by atoms with Gasteiger partial charge in [0.2, 0.25) is 11.8 Å². The zero-order valence-electron chi connectivity index (χ0n) is 14.0. The molecule has 7 heteroatoms. The van der Waals surface area contributed by atoms with Crippen LogP contribution < -0.4 is 0 Å². The van der Waals surface area contributed by atoms with Gasteiger partial charge in [0.1, 0.15) is 0 Å². The first-order chi connectivity index (χ1) is 11.0. The van der Waals surface area contributed by atoms with Gasteiger partial charge in [-0.25, -0.2) is 0 Å². The summed E-state index contributed by atoms with van der Waals surface area (Å²) < 4.78 is 13.3. The van der Waals surface area contributed by atoms with E-state index in [4.69, 9.17) is 9.15 Å². The van der Waals surface area contributed by atoms with Crippen molar-refractivity contribution in [3.05, 3.63) is 34.8 Å². The predicted molar refractivity (Wildman–Crippen MR) is 83.2 cm³/mol. The maximum atomic E-state index is 12.9. The van der Waals surface area contributed by atoms with Crippen LogP contribution in [0.25, 0.3) is 0 Å². The van der Waals surface area contributed by atoms with Crippen molar-refractivity contribution in [2.45, 2.75) is 40.3 Å². The molecule has 0 saturated carbocycles. The van der Waals surface area contributed by atoms with Gasteiger partial charge < -0.3 is 18.6 Å². The Hall–Kier alpha value is -2.15. The van der Waals surface area contributed by atoms with Crippen LogP contribution in [0.3, 0.4) is 0 Å². The van der Waals surface area contributed by atoms with Gasteiger partial charge in [0.25, 0.3) is 5.91 Å². The second-order valence-electron chi connectivity index (χ2n) is 5.80. The smallest absolute Gasteiger partial charge is 0.255 e. The average molecular weight is 318 g/mol. The first kappa shape index (κ1) is 15.7. The second kappa shape index (κ2) is 6.16. The van der Waals surface area contributed by atoms with Gasteiger partial charge in [-0.3, -0.25) is 4.79 Å². The van der Waals surface area contributed by atoms with Crippen molar-refractivity contribution >= 4 is 5.91 Å². The first-order valence-electron chi connectivity index (χ1n) is 7.88. The fraction of sp³-hybridized carbons (Fsp3) is 0.562. The molecule has 1 aliphatic rings. The van der Waals surface area contributed by atoms with Gasteiger partial charge >= 0.3 is 0 Å². The summed E-state index contributed by atoms with van der Waals surface area (Å²) in [5.41, 5.74) is 2.86. The minimum absolute atomic E-state index is 0.0299. The fourth-order valence-electron chi connectivity index (χ4n) is 3.10. The zero-order valence-corrected chi connectivity index (χ0v) is 14.0. The third-order valence-corrected chi connectivity index (χ3v) is 4.29. The minimum Gasteiger partial charge on any atom is -0.423 e. The molecule has 0 spiro atoms. The highest BCUT2D eigenvalue weighted by Crippen LogP contribution is 2.24. The number of hydrogen-bond acceptors (Lipinski definition) is 5. The molecule has 1 saturated heterocycles. The molecule has 2 aromatic heterocycles.